The molecule has 1 aromatic carbocycles. The second-order valence-corrected chi connectivity index (χ2v) is 8.16. The standard InChI is InChI=1S/C13H18BrN3O3S/c1-8(15)9-2-3-17(7-9)21(19,20)12-5-10(13(16)18)4-11(14)6-12/h4-6,8-9H,2-3,7,15H2,1H3,(H2,16,18). The average Bonchev–Trinajstić information content (AvgIpc) is 2.88. The summed E-state index contributed by atoms with van der Waals surface area (Å²) in [7, 11) is -3.64. The van der Waals surface area contributed by atoms with E-state index in [0.29, 0.717) is 17.6 Å². The van der Waals surface area contributed by atoms with Gasteiger partial charge in [0.2, 0.25) is 15.9 Å². The molecule has 0 saturated carbocycles. The lowest BCUT2D eigenvalue weighted by molar-refractivity contribution is 0.1000. The Labute approximate surface area is 132 Å². The summed E-state index contributed by atoms with van der Waals surface area (Å²) in [6, 6.07) is 4.23. The highest BCUT2D eigenvalue weighted by Gasteiger charge is 2.34. The molecule has 0 aliphatic carbocycles. The van der Waals surface area contributed by atoms with Crippen LogP contribution in [0.15, 0.2) is 27.6 Å². The van der Waals surface area contributed by atoms with E-state index in [1.54, 1.807) is 0 Å². The lowest BCUT2D eigenvalue weighted by Gasteiger charge is -2.18. The highest BCUT2D eigenvalue weighted by Crippen LogP contribution is 2.28. The van der Waals surface area contributed by atoms with Crippen LogP contribution in [-0.2, 0) is 10.0 Å². The Morgan fingerprint density at radius 1 is 1.43 bits per heavy atom. The number of nitrogens with two attached hydrogens (primary N) is 2. The van der Waals surface area contributed by atoms with Crippen molar-refractivity contribution < 1.29 is 13.2 Å². The van der Waals surface area contributed by atoms with E-state index in [0.717, 1.165) is 6.42 Å². The van der Waals surface area contributed by atoms with Gasteiger partial charge >= 0.3 is 0 Å². The van der Waals surface area contributed by atoms with Gasteiger partial charge in [-0.1, -0.05) is 15.9 Å². The van der Waals surface area contributed by atoms with Gasteiger partial charge in [-0.2, -0.15) is 4.31 Å². The third kappa shape index (κ3) is 3.45. The van der Waals surface area contributed by atoms with Crippen LogP contribution in [0, 0.1) is 5.92 Å². The molecule has 1 aliphatic heterocycles. The van der Waals surface area contributed by atoms with E-state index in [9.17, 15) is 13.2 Å². The first-order chi connectivity index (χ1) is 9.71. The molecule has 8 heteroatoms. The lowest BCUT2D eigenvalue weighted by Crippen LogP contribution is -2.33. The monoisotopic (exact) mass is 375 g/mol. The summed E-state index contributed by atoms with van der Waals surface area (Å²) in [6.45, 7) is 2.72. The Kier molecular flexibility index (Phi) is 4.72. The molecule has 0 bridgehead atoms. The number of primary amides is 1. The van der Waals surface area contributed by atoms with Gasteiger partial charge in [0.15, 0.2) is 0 Å². The van der Waals surface area contributed by atoms with E-state index in [4.69, 9.17) is 11.5 Å². The van der Waals surface area contributed by atoms with Crippen LogP contribution in [0.5, 0.6) is 0 Å². The van der Waals surface area contributed by atoms with Crippen molar-refractivity contribution in [3.63, 3.8) is 0 Å². The van der Waals surface area contributed by atoms with Crippen molar-refractivity contribution in [2.24, 2.45) is 17.4 Å². The molecule has 116 valence electrons. The molecule has 1 aliphatic rings. The molecule has 1 aromatic rings. The second kappa shape index (κ2) is 6.04. The van der Waals surface area contributed by atoms with Gasteiger partial charge in [0.25, 0.3) is 0 Å². The summed E-state index contributed by atoms with van der Waals surface area (Å²) in [5.41, 5.74) is 11.2. The van der Waals surface area contributed by atoms with Gasteiger partial charge in [-0.05, 0) is 37.5 Å². The summed E-state index contributed by atoms with van der Waals surface area (Å²) < 4.78 is 27.2. The van der Waals surface area contributed by atoms with Gasteiger partial charge < -0.3 is 11.5 Å². The minimum absolute atomic E-state index is 0.0473. The number of carbonyl (C=O) groups excluding carboxylic acids is 1. The minimum atomic E-state index is -3.64. The van der Waals surface area contributed by atoms with Crippen LogP contribution in [0.3, 0.4) is 0 Å². The van der Waals surface area contributed by atoms with Crippen LogP contribution in [0.4, 0.5) is 0 Å². The van der Waals surface area contributed by atoms with Crippen LogP contribution in [0.2, 0.25) is 0 Å². The number of sulfonamides is 1. The van der Waals surface area contributed by atoms with Gasteiger partial charge in [0, 0.05) is 29.2 Å². The lowest BCUT2D eigenvalue weighted by atomic mass is 10.0. The summed E-state index contributed by atoms with van der Waals surface area (Å²) in [5, 5.41) is 0. The van der Waals surface area contributed by atoms with Crippen molar-refractivity contribution in [2.75, 3.05) is 13.1 Å². The first-order valence-electron chi connectivity index (χ1n) is 6.58. The van der Waals surface area contributed by atoms with Gasteiger partial charge in [-0.25, -0.2) is 8.42 Å². The van der Waals surface area contributed by atoms with Crippen molar-refractivity contribution in [3.05, 3.63) is 28.2 Å². The third-order valence-corrected chi connectivity index (χ3v) is 6.03. The molecular formula is C13H18BrN3O3S. The molecule has 4 N–H and O–H groups in total. The van der Waals surface area contributed by atoms with Crippen molar-refractivity contribution in [1.82, 2.24) is 4.31 Å². The molecule has 1 heterocycles. The van der Waals surface area contributed by atoms with E-state index in [-0.39, 0.29) is 22.4 Å². The van der Waals surface area contributed by atoms with Gasteiger partial charge in [0.1, 0.15) is 0 Å². The van der Waals surface area contributed by atoms with Gasteiger partial charge in [-0.3, -0.25) is 4.79 Å². The van der Waals surface area contributed by atoms with Crippen molar-refractivity contribution >= 4 is 31.9 Å². The zero-order valence-electron chi connectivity index (χ0n) is 11.6. The fourth-order valence-electron chi connectivity index (χ4n) is 2.40. The fraction of sp³-hybridized carbons (Fsp3) is 0.462. The Hall–Kier alpha value is -0.960. The molecular weight excluding hydrogens is 358 g/mol. The first kappa shape index (κ1) is 16.4. The van der Waals surface area contributed by atoms with Gasteiger partial charge in [-0.15, -0.1) is 0 Å². The highest BCUT2D eigenvalue weighted by atomic mass is 79.9. The number of benzene rings is 1. The topological polar surface area (TPSA) is 106 Å². The maximum Gasteiger partial charge on any atom is 0.248 e. The molecule has 2 rings (SSSR count). The van der Waals surface area contributed by atoms with Crippen LogP contribution < -0.4 is 11.5 Å². The molecule has 2 unspecified atom stereocenters. The number of hydrogen-bond acceptors (Lipinski definition) is 4. The van der Waals surface area contributed by atoms with E-state index in [2.05, 4.69) is 15.9 Å². The molecule has 0 spiro atoms. The Balaban J connectivity index is 2.34. The van der Waals surface area contributed by atoms with E-state index >= 15 is 0 Å². The molecule has 0 aromatic heterocycles. The largest absolute Gasteiger partial charge is 0.366 e. The molecule has 1 saturated heterocycles. The highest BCUT2D eigenvalue weighted by molar-refractivity contribution is 9.10. The maximum atomic E-state index is 12.6. The number of hydrogen-bond donors (Lipinski definition) is 2. The van der Waals surface area contributed by atoms with E-state index < -0.39 is 15.9 Å². The first-order valence-corrected chi connectivity index (χ1v) is 8.81. The normalized spacial score (nSPS) is 21.4. The smallest absolute Gasteiger partial charge is 0.248 e. The average molecular weight is 376 g/mol. The molecule has 1 amide bonds. The molecule has 2 atom stereocenters. The number of nitrogens with zero attached hydrogens (tertiary/aromatic N) is 1. The van der Waals surface area contributed by atoms with E-state index in [1.807, 2.05) is 6.92 Å². The van der Waals surface area contributed by atoms with Crippen molar-refractivity contribution in [2.45, 2.75) is 24.3 Å². The van der Waals surface area contributed by atoms with Crippen LogP contribution in [-0.4, -0.2) is 37.8 Å². The predicted molar refractivity (Wildman–Crippen MR) is 83.2 cm³/mol. The third-order valence-electron chi connectivity index (χ3n) is 3.72. The van der Waals surface area contributed by atoms with Crippen LogP contribution in [0.25, 0.3) is 0 Å². The fourth-order valence-corrected chi connectivity index (χ4v) is 4.63. The minimum Gasteiger partial charge on any atom is -0.366 e. The van der Waals surface area contributed by atoms with Crippen molar-refractivity contribution in [1.29, 1.82) is 0 Å². The number of carbonyl (C=O) groups is 1. The van der Waals surface area contributed by atoms with E-state index in [1.165, 1.54) is 22.5 Å². The Morgan fingerprint density at radius 3 is 2.62 bits per heavy atom. The van der Waals surface area contributed by atoms with Gasteiger partial charge in [0.05, 0.1) is 4.90 Å². The zero-order chi connectivity index (χ0) is 15.8. The quantitative estimate of drug-likeness (QED) is 0.814. The molecule has 0 radical (unpaired) electrons. The number of amides is 1. The summed E-state index contributed by atoms with van der Waals surface area (Å²) in [5.74, 6) is -0.509. The summed E-state index contributed by atoms with van der Waals surface area (Å²) >= 11 is 3.21. The zero-order valence-corrected chi connectivity index (χ0v) is 14.0. The molecule has 21 heavy (non-hydrogen) atoms. The van der Waals surface area contributed by atoms with Crippen molar-refractivity contribution in [3.8, 4) is 0 Å². The predicted octanol–water partition coefficient (Wildman–Crippen LogP) is 0.906. The Morgan fingerprint density at radius 2 is 2.10 bits per heavy atom. The maximum absolute atomic E-state index is 12.6. The Bertz CT molecular complexity index is 661. The van der Waals surface area contributed by atoms with Crippen LogP contribution >= 0.6 is 15.9 Å². The second-order valence-electron chi connectivity index (χ2n) is 5.31. The molecule has 6 nitrogen and oxygen atoms in total. The number of rotatable bonds is 4. The molecule has 1 fully saturated rings. The van der Waals surface area contributed by atoms with Crippen LogP contribution in [0.1, 0.15) is 23.7 Å². The summed E-state index contributed by atoms with van der Waals surface area (Å²) in [6.07, 6.45) is 0.744. The summed E-state index contributed by atoms with van der Waals surface area (Å²) in [4.78, 5) is 11.3. The SMILES string of the molecule is CC(N)C1CCN(S(=O)(=O)c2cc(Br)cc(C(N)=O)c2)C1. The number of halogens is 1.